The highest BCUT2D eigenvalue weighted by molar-refractivity contribution is 9.10. The van der Waals surface area contributed by atoms with Crippen LogP contribution in [0.3, 0.4) is 0 Å². The fourth-order valence-electron chi connectivity index (χ4n) is 2.55. The van der Waals surface area contributed by atoms with Crippen LogP contribution in [0.5, 0.6) is 0 Å². The van der Waals surface area contributed by atoms with Gasteiger partial charge in [0.15, 0.2) is 5.13 Å². The summed E-state index contributed by atoms with van der Waals surface area (Å²) in [6.45, 7) is 3.62. The molecule has 0 saturated heterocycles. The average molecular weight is 518 g/mol. The molecule has 2 aromatic rings. The average Bonchev–Trinajstić information content (AvgIpc) is 3.01. The van der Waals surface area contributed by atoms with E-state index in [9.17, 15) is 13.2 Å². The normalized spacial score (nSPS) is 14.9. The number of rotatable bonds is 6. The van der Waals surface area contributed by atoms with Crippen LogP contribution < -0.4 is 10.8 Å². The summed E-state index contributed by atoms with van der Waals surface area (Å²) in [5.74, 6) is 0.415. The maximum atomic E-state index is 12.4. The van der Waals surface area contributed by atoms with Gasteiger partial charge in [0.05, 0.1) is 12.1 Å². The topological polar surface area (TPSA) is 42.2 Å². The second kappa shape index (κ2) is 9.80. The first kappa shape index (κ1) is 22.6. The maximum absolute atomic E-state index is 12.4. The summed E-state index contributed by atoms with van der Waals surface area (Å²) in [7, 11) is 0. The molecule has 2 heterocycles. The van der Waals surface area contributed by atoms with Gasteiger partial charge < -0.3 is 5.32 Å². The van der Waals surface area contributed by atoms with Crippen molar-refractivity contribution in [3.63, 3.8) is 0 Å². The molecular formula is C20H17BrClF3N4S. The molecule has 0 aromatic carbocycles. The Balaban J connectivity index is 1.78. The monoisotopic (exact) mass is 516 g/mol. The molecular weight excluding hydrogens is 501 g/mol. The Morgan fingerprint density at radius 3 is 2.90 bits per heavy atom. The van der Waals surface area contributed by atoms with Crippen molar-refractivity contribution in [3.8, 4) is 0 Å². The summed E-state index contributed by atoms with van der Waals surface area (Å²) in [6, 6.07) is 3.33. The van der Waals surface area contributed by atoms with E-state index in [-0.39, 0.29) is 6.54 Å². The number of hydrogen-bond donors (Lipinski definition) is 1. The van der Waals surface area contributed by atoms with Crippen molar-refractivity contribution in [2.45, 2.75) is 19.0 Å². The number of thiazole rings is 1. The number of allylic oxidation sites excluding steroid dienone is 6. The van der Waals surface area contributed by atoms with Gasteiger partial charge in [0.25, 0.3) is 0 Å². The predicted molar refractivity (Wildman–Crippen MR) is 120 cm³/mol. The highest BCUT2D eigenvalue weighted by atomic mass is 79.9. The minimum Gasteiger partial charge on any atom is -0.318 e. The Hall–Kier alpha value is -2.10. The van der Waals surface area contributed by atoms with Gasteiger partial charge in [0.2, 0.25) is 0 Å². The van der Waals surface area contributed by atoms with E-state index in [2.05, 4.69) is 37.8 Å². The number of anilines is 1. The van der Waals surface area contributed by atoms with Crippen molar-refractivity contribution in [2.24, 2.45) is 4.99 Å². The third-order valence-corrected chi connectivity index (χ3v) is 5.48. The van der Waals surface area contributed by atoms with E-state index < -0.39 is 12.6 Å². The van der Waals surface area contributed by atoms with E-state index in [1.807, 2.05) is 29.7 Å². The molecule has 0 bridgehead atoms. The summed E-state index contributed by atoms with van der Waals surface area (Å²) in [5.41, 5.74) is 2.10. The zero-order chi connectivity index (χ0) is 21.7. The summed E-state index contributed by atoms with van der Waals surface area (Å²) < 4.78 is 39.6. The Labute approximate surface area is 189 Å². The number of nitrogens with zero attached hydrogens (tertiary/aromatic N) is 3. The van der Waals surface area contributed by atoms with E-state index >= 15 is 0 Å². The summed E-state index contributed by atoms with van der Waals surface area (Å²) >= 11 is 10.8. The lowest BCUT2D eigenvalue weighted by atomic mass is 10.2. The van der Waals surface area contributed by atoms with E-state index in [0.717, 1.165) is 15.7 Å². The molecule has 0 radical (unpaired) electrons. The predicted octanol–water partition coefficient (Wildman–Crippen LogP) is 6.57. The minimum absolute atomic E-state index is 0.354. The Kier molecular flexibility index (Phi) is 7.38. The largest absolute Gasteiger partial charge is 0.390 e. The van der Waals surface area contributed by atoms with Crippen molar-refractivity contribution >= 4 is 55.4 Å². The summed E-state index contributed by atoms with van der Waals surface area (Å²) in [6.07, 6.45) is 4.81. The van der Waals surface area contributed by atoms with Gasteiger partial charge in [-0.1, -0.05) is 36.4 Å². The van der Waals surface area contributed by atoms with Crippen LogP contribution in [0.15, 0.2) is 69.1 Å². The standard InChI is InChI=1S/C20H17BrClF3N4S/c1-13(29-11-15(21)6-8-18(29)26-10-9-20(23,24)25)27-19-28-17(12-30-19)14-3-2-4-16(22)7-5-14/h3-8,11-12H,1-2,9-10H2,(H,27,28). The Morgan fingerprint density at radius 2 is 2.13 bits per heavy atom. The van der Waals surface area contributed by atoms with Crippen molar-refractivity contribution in [3.05, 3.63) is 75.3 Å². The smallest absolute Gasteiger partial charge is 0.318 e. The van der Waals surface area contributed by atoms with Gasteiger partial charge in [-0.05, 0) is 46.1 Å². The molecule has 0 fully saturated rings. The lowest BCUT2D eigenvalue weighted by Gasteiger charge is -2.12. The quantitative estimate of drug-likeness (QED) is 0.471. The molecule has 0 unspecified atom stereocenters. The van der Waals surface area contributed by atoms with Gasteiger partial charge in [-0.25, -0.2) is 4.98 Å². The van der Waals surface area contributed by atoms with Gasteiger partial charge >= 0.3 is 6.18 Å². The number of alkyl halides is 3. The molecule has 0 aliphatic heterocycles. The first-order valence-electron chi connectivity index (χ1n) is 8.83. The van der Waals surface area contributed by atoms with Gasteiger partial charge in [-0.2, -0.15) is 13.2 Å². The van der Waals surface area contributed by atoms with Crippen LogP contribution in [-0.2, 0) is 0 Å². The highest BCUT2D eigenvalue weighted by Gasteiger charge is 2.26. The first-order valence-corrected chi connectivity index (χ1v) is 10.9. The molecule has 30 heavy (non-hydrogen) atoms. The number of pyridine rings is 1. The van der Waals surface area contributed by atoms with Crippen LogP contribution in [0, 0.1) is 0 Å². The number of halogens is 5. The number of aromatic nitrogens is 2. The van der Waals surface area contributed by atoms with Gasteiger partial charge in [0, 0.05) is 27.6 Å². The van der Waals surface area contributed by atoms with Crippen LogP contribution in [0.1, 0.15) is 18.5 Å². The maximum Gasteiger partial charge on any atom is 0.390 e. The van der Waals surface area contributed by atoms with Crippen LogP contribution in [-0.4, -0.2) is 22.3 Å². The third kappa shape index (κ3) is 6.45. The molecule has 1 N–H and O–H groups in total. The van der Waals surface area contributed by atoms with E-state index in [0.29, 0.717) is 27.9 Å². The van der Waals surface area contributed by atoms with E-state index in [4.69, 9.17) is 11.6 Å². The Bertz CT molecular complexity index is 1100. The molecule has 10 heteroatoms. The minimum atomic E-state index is -4.25. The van der Waals surface area contributed by atoms with Crippen molar-refractivity contribution < 1.29 is 13.2 Å². The lowest BCUT2D eigenvalue weighted by Crippen LogP contribution is -2.23. The highest BCUT2D eigenvalue weighted by Crippen LogP contribution is 2.26. The molecule has 3 rings (SSSR count). The Morgan fingerprint density at radius 1 is 1.33 bits per heavy atom. The molecule has 4 nitrogen and oxygen atoms in total. The fraction of sp³-hybridized carbons (Fsp3) is 0.200. The lowest BCUT2D eigenvalue weighted by molar-refractivity contribution is -0.132. The van der Waals surface area contributed by atoms with Crippen LogP contribution in [0.25, 0.3) is 11.4 Å². The zero-order valence-electron chi connectivity index (χ0n) is 15.6. The zero-order valence-corrected chi connectivity index (χ0v) is 18.7. The summed E-state index contributed by atoms with van der Waals surface area (Å²) in [4.78, 5) is 8.63. The van der Waals surface area contributed by atoms with Crippen LogP contribution >= 0.6 is 38.9 Å². The van der Waals surface area contributed by atoms with Crippen molar-refractivity contribution in [1.82, 2.24) is 9.55 Å². The third-order valence-electron chi connectivity index (χ3n) is 3.97. The number of hydrogen-bond acceptors (Lipinski definition) is 4. The molecule has 0 saturated carbocycles. The van der Waals surface area contributed by atoms with Gasteiger partial charge in [-0.3, -0.25) is 9.56 Å². The molecule has 1 aliphatic carbocycles. The van der Waals surface area contributed by atoms with Gasteiger partial charge in [0.1, 0.15) is 11.3 Å². The summed E-state index contributed by atoms with van der Waals surface area (Å²) in [5, 5.41) is 6.28. The molecule has 1 aliphatic rings. The first-order chi connectivity index (χ1) is 14.2. The van der Waals surface area contributed by atoms with Crippen molar-refractivity contribution in [1.29, 1.82) is 0 Å². The molecule has 0 atom stereocenters. The molecule has 158 valence electrons. The fourth-order valence-corrected chi connectivity index (χ4v) is 3.78. The van der Waals surface area contributed by atoms with Crippen LogP contribution in [0.4, 0.5) is 18.3 Å². The van der Waals surface area contributed by atoms with E-state index in [1.165, 1.54) is 11.3 Å². The van der Waals surface area contributed by atoms with Crippen molar-refractivity contribution in [2.75, 3.05) is 11.9 Å². The SMILES string of the molecule is C=C(Nc1nc(C2=CCC=C(Cl)C=C2)cs1)n1cc(Br)ccc1=NCCC(F)(F)F. The van der Waals surface area contributed by atoms with Gasteiger partial charge in [-0.15, -0.1) is 11.3 Å². The molecule has 2 aromatic heterocycles. The second-order valence-corrected chi connectivity index (χ2v) is 8.46. The number of nitrogens with one attached hydrogen (secondary N) is 1. The van der Waals surface area contributed by atoms with Crippen LogP contribution in [0.2, 0.25) is 0 Å². The second-order valence-electron chi connectivity index (χ2n) is 6.25. The molecule has 0 spiro atoms. The molecule has 0 amide bonds. The van der Waals surface area contributed by atoms with E-state index in [1.54, 1.807) is 22.9 Å².